The highest BCUT2D eigenvalue weighted by atomic mass is 32.1. The number of hydrogen-bond donors (Lipinski definition) is 3. The minimum atomic E-state index is -4.45. The van der Waals surface area contributed by atoms with Crippen molar-refractivity contribution in [1.82, 2.24) is 15.0 Å². The molecule has 0 unspecified atom stereocenters. The van der Waals surface area contributed by atoms with E-state index in [1.165, 1.54) is 6.07 Å². The third-order valence-corrected chi connectivity index (χ3v) is 5.40. The summed E-state index contributed by atoms with van der Waals surface area (Å²) in [6.07, 6.45) is 0.994. The van der Waals surface area contributed by atoms with Gasteiger partial charge in [0.2, 0.25) is 5.95 Å². The molecule has 10 heteroatoms. The molecule has 6 nitrogen and oxygen atoms in total. The maximum absolute atomic E-state index is 13.2. The van der Waals surface area contributed by atoms with Crippen LogP contribution in [-0.4, -0.2) is 26.5 Å². The Balaban J connectivity index is 1.72. The minimum absolute atomic E-state index is 0.273. The molecule has 166 valence electrons. The first kappa shape index (κ1) is 22.1. The zero-order valence-electron chi connectivity index (χ0n) is 17.3. The van der Waals surface area contributed by atoms with E-state index in [1.54, 1.807) is 6.20 Å². The summed E-state index contributed by atoms with van der Waals surface area (Å²) in [5, 5.41) is 6.10. The Kier molecular flexibility index (Phi) is 6.07. The van der Waals surface area contributed by atoms with Crippen LogP contribution in [0.3, 0.4) is 0 Å². The normalized spacial score (nSPS) is 13.1. The van der Waals surface area contributed by atoms with Gasteiger partial charge < -0.3 is 16.4 Å². The van der Waals surface area contributed by atoms with Crippen LogP contribution in [0.1, 0.15) is 28.8 Å². The summed E-state index contributed by atoms with van der Waals surface area (Å²) in [5.41, 5.74) is 9.49. The number of aromatic nitrogens is 3. The summed E-state index contributed by atoms with van der Waals surface area (Å²) in [6, 6.07) is 5.49. The Morgan fingerprint density at radius 1 is 1.19 bits per heavy atom. The zero-order valence-corrected chi connectivity index (χ0v) is 18.1. The molecule has 0 aliphatic carbocycles. The number of anilines is 3. The fourth-order valence-electron chi connectivity index (χ4n) is 3.49. The standard InChI is InChI=1S/C22H21F3N6S/c1-12-17(7-13(10-27-12)3-2-6-26)30-21-28-11-14-8-19(32)29-18-9-15(22(23,24)25)4-5-16(18)20(14)31-21/h4-5,7,9-11H,2-3,6,8,26H2,1H3,(H,29,32)(H,28,30,31). The number of rotatable bonds is 5. The fourth-order valence-corrected chi connectivity index (χ4v) is 3.76. The number of halogens is 3. The van der Waals surface area contributed by atoms with E-state index in [9.17, 15) is 13.2 Å². The van der Waals surface area contributed by atoms with Crippen molar-refractivity contribution in [2.75, 3.05) is 17.2 Å². The van der Waals surface area contributed by atoms with Gasteiger partial charge in [-0.2, -0.15) is 13.2 Å². The molecule has 0 bridgehead atoms. The largest absolute Gasteiger partial charge is 0.416 e. The number of pyridine rings is 1. The van der Waals surface area contributed by atoms with Crippen molar-refractivity contribution in [3.05, 3.63) is 59.0 Å². The van der Waals surface area contributed by atoms with E-state index in [1.807, 2.05) is 19.2 Å². The van der Waals surface area contributed by atoms with Crippen LogP contribution < -0.4 is 16.4 Å². The van der Waals surface area contributed by atoms with E-state index in [2.05, 4.69) is 25.6 Å². The van der Waals surface area contributed by atoms with Crippen molar-refractivity contribution in [2.45, 2.75) is 32.4 Å². The van der Waals surface area contributed by atoms with E-state index in [4.69, 9.17) is 18.0 Å². The number of nitrogens with one attached hydrogen (secondary N) is 2. The number of nitrogens with two attached hydrogens (primary N) is 1. The van der Waals surface area contributed by atoms with Gasteiger partial charge >= 0.3 is 6.18 Å². The van der Waals surface area contributed by atoms with Crippen LogP contribution in [0.5, 0.6) is 0 Å². The van der Waals surface area contributed by atoms with Gasteiger partial charge in [0, 0.05) is 35.6 Å². The number of benzene rings is 1. The Bertz CT molecular complexity index is 1180. The average Bonchev–Trinajstić information content (AvgIpc) is 2.88. The quantitative estimate of drug-likeness (QED) is 0.474. The lowest BCUT2D eigenvalue weighted by Gasteiger charge is -2.14. The first-order valence-corrected chi connectivity index (χ1v) is 10.5. The summed E-state index contributed by atoms with van der Waals surface area (Å²) in [7, 11) is 0. The molecule has 3 aromatic rings. The molecule has 2 aromatic heterocycles. The van der Waals surface area contributed by atoms with Crippen LogP contribution >= 0.6 is 12.2 Å². The van der Waals surface area contributed by atoms with Crippen LogP contribution in [-0.2, 0) is 19.0 Å². The number of thiocarbonyl (C=S) groups is 1. The van der Waals surface area contributed by atoms with E-state index in [-0.39, 0.29) is 5.69 Å². The average molecular weight is 459 g/mol. The van der Waals surface area contributed by atoms with E-state index < -0.39 is 11.7 Å². The van der Waals surface area contributed by atoms with Gasteiger partial charge in [0.15, 0.2) is 0 Å². The van der Waals surface area contributed by atoms with Crippen LogP contribution in [0.2, 0.25) is 0 Å². The number of fused-ring (bicyclic) bond motifs is 3. The number of hydrogen-bond acceptors (Lipinski definition) is 6. The predicted octanol–water partition coefficient (Wildman–Crippen LogP) is 4.80. The second kappa shape index (κ2) is 8.79. The van der Waals surface area contributed by atoms with E-state index in [0.29, 0.717) is 35.2 Å². The first-order valence-electron chi connectivity index (χ1n) is 10.0. The third kappa shape index (κ3) is 4.71. The van der Waals surface area contributed by atoms with Crippen molar-refractivity contribution in [1.29, 1.82) is 0 Å². The molecule has 0 saturated carbocycles. The van der Waals surface area contributed by atoms with Gasteiger partial charge in [-0.05, 0) is 50.1 Å². The maximum atomic E-state index is 13.2. The lowest BCUT2D eigenvalue weighted by molar-refractivity contribution is -0.137. The van der Waals surface area contributed by atoms with Gasteiger partial charge in [0.05, 0.1) is 27.6 Å². The summed E-state index contributed by atoms with van der Waals surface area (Å²) < 4.78 is 39.6. The summed E-state index contributed by atoms with van der Waals surface area (Å²) >= 11 is 5.30. The smallest absolute Gasteiger partial charge is 0.349 e. The Morgan fingerprint density at radius 3 is 2.75 bits per heavy atom. The van der Waals surface area contributed by atoms with Gasteiger partial charge in [0.1, 0.15) is 0 Å². The number of alkyl halides is 3. The van der Waals surface area contributed by atoms with Gasteiger partial charge in [-0.15, -0.1) is 0 Å². The Labute approximate surface area is 188 Å². The van der Waals surface area contributed by atoms with Crippen LogP contribution in [0.15, 0.2) is 36.7 Å². The molecule has 0 saturated heterocycles. The lowest BCUT2D eigenvalue weighted by Crippen LogP contribution is -2.11. The molecule has 0 fully saturated rings. The molecule has 0 amide bonds. The van der Waals surface area contributed by atoms with Crippen molar-refractivity contribution < 1.29 is 13.2 Å². The zero-order chi connectivity index (χ0) is 22.9. The second-order valence-corrected chi connectivity index (χ2v) is 8.04. The van der Waals surface area contributed by atoms with Crippen LogP contribution in [0, 0.1) is 6.92 Å². The molecule has 0 radical (unpaired) electrons. The molecule has 1 aliphatic rings. The molecule has 0 spiro atoms. The molecule has 4 rings (SSSR count). The molecule has 3 heterocycles. The molecule has 1 aromatic carbocycles. The summed E-state index contributed by atoms with van der Waals surface area (Å²) in [5.74, 6) is 0.322. The van der Waals surface area contributed by atoms with Crippen LogP contribution in [0.4, 0.5) is 30.5 Å². The van der Waals surface area contributed by atoms with Gasteiger partial charge in [-0.25, -0.2) is 9.97 Å². The summed E-state index contributed by atoms with van der Waals surface area (Å²) in [4.78, 5) is 13.8. The Hall–Kier alpha value is -3.11. The SMILES string of the molecule is Cc1ncc(CCCN)cc1Nc1ncc2c(n1)-c1ccc(C(F)(F)F)cc1NC(=S)C2. The monoisotopic (exact) mass is 458 g/mol. The lowest BCUT2D eigenvalue weighted by atomic mass is 10.0. The van der Waals surface area contributed by atoms with Crippen LogP contribution in [0.25, 0.3) is 11.3 Å². The van der Waals surface area contributed by atoms with E-state index >= 15 is 0 Å². The molecule has 32 heavy (non-hydrogen) atoms. The number of aryl methyl sites for hydroxylation is 2. The van der Waals surface area contributed by atoms with Gasteiger partial charge in [0.25, 0.3) is 0 Å². The number of nitrogens with zero attached hydrogens (tertiary/aromatic N) is 3. The topological polar surface area (TPSA) is 88.8 Å². The molecule has 4 N–H and O–H groups in total. The maximum Gasteiger partial charge on any atom is 0.416 e. The molecular weight excluding hydrogens is 437 g/mol. The Morgan fingerprint density at radius 2 is 2.00 bits per heavy atom. The van der Waals surface area contributed by atoms with Crippen molar-refractivity contribution in [2.24, 2.45) is 5.73 Å². The second-order valence-electron chi connectivity index (χ2n) is 7.54. The van der Waals surface area contributed by atoms with Crippen molar-refractivity contribution >= 4 is 34.5 Å². The molecule has 0 atom stereocenters. The predicted molar refractivity (Wildman–Crippen MR) is 122 cm³/mol. The molecule has 1 aliphatic heterocycles. The fraction of sp³-hybridized carbons (Fsp3) is 0.273. The minimum Gasteiger partial charge on any atom is -0.349 e. The highest BCUT2D eigenvalue weighted by molar-refractivity contribution is 7.80. The molecular formula is C22H21F3N6S. The van der Waals surface area contributed by atoms with Gasteiger partial charge in [-0.3, -0.25) is 4.98 Å². The van der Waals surface area contributed by atoms with Gasteiger partial charge in [-0.1, -0.05) is 18.3 Å². The highest BCUT2D eigenvalue weighted by Gasteiger charge is 2.32. The van der Waals surface area contributed by atoms with Crippen molar-refractivity contribution in [3.8, 4) is 11.3 Å². The third-order valence-electron chi connectivity index (χ3n) is 5.15. The van der Waals surface area contributed by atoms with E-state index in [0.717, 1.165) is 47.5 Å². The summed E-state index contributed by atoms with van der Waals surface area (Å²) in [6.45, 7) is 2.46. The first-order chi connectivity index (χ1) is 15.2. The van der Waals surface area contributed by atoms with Crippen molar-refractivity contribution in [3.63, 3.8) is 0 Å². The highest BCUT2D eigenvalue weighted by Crippen LogP contribution is 2.38.